The Hall–Kier alpha value is -2.24. The monoisotopic (exact) mass is 244 g/mol. The van der Waals surface area contributed by atoms with E-state index < -0.39 is 0 Å². The first-order chi connectivity index (χ1) is 8.66. The van der Waals surface area contributed by atoms with Crippen LogP contribution in [0, 0.1) is 5.92 Å². The number of anilines is 2. The number of nitrogens with two attached hydrogens (primary N) is 1. The van der Waals surface area contributed by atoms with Crippen LogP contribution < -0.4 is 11.1 Å². The summed E-state index contributed by atoms with van der Waals surface area (Å²) in [5, 5.41) is 3.18. The average Bonchev–Trinajstić information content (AvgIpc) is 2.38. The van der Waals surface area contributed by atoms with E-state index in [9.17, 15) is 0 Å². The Morgan fingerprint density at radius 2 is 1.94 bits per heavy atom. The molecule has 0 aliphatic carbocycles. The van der Waals surface area contributed by atoms with Crippen molar-refractivity contribution in [3.63, 3.8) is 0 Å². The van der Waals surface area contributed by atoms with Crippen molar-refractivity contribution in [2.45, 2.75) is 13.8 Å². The molecule has 0 bridgehead atoms. The van der Waals surface area contributed by atoms with Gasteiger partial charge in [0.15, 0.2) is 11.6 Å². The normalized spacial score (nSPS) is 10.6. The minimum absolute atomic E-state index is 0.399. The smallest absolute Gasteiger partial charge is 0.169 e. The zero-order valence-corrected chi connectivity index (χ0v) is 10.5. The summed E-state index contributed by atoms with van der Waals surface area (Å²) in [6.45, 7) is 5.03. The molecule has 2 rings (SSSR count). The number of nitrogens with zero attached hydrogens (tertiary/aromatic N) is 4. The van der Waals surface area contributed by atoms with Crippen LogP contribution in [0.5, 0.6) is 0 Å². The molecular formula is C12H16N6. The van der Waals surface area contributed by atoms with Crippen molar-refractivity contribution < 1.29 is 0 Å². The van der Waals surface area contributed by atoms with Crippen LogP contribution in [0.25, 0.3) is 11.3 Å². The van der Waals surface area contributed by atoms with Gasteiger partial charge in [-0.2, -0.15) is 0 Å². The topological polar surface area (TPSA) is 89.6 Å². The van der Waals surface area contributed by atoms with E-state index in [4.69, 9.17) is 5.73 Å². The highest BCUT2D eigenvalue weighted by molar-refractivity contribution is 5.64. The Morgan fingerprint density at radius 3 is 2.61 bits per heavy atom. The molecule has 2 aromatic heterocycles. The van der Waals surface area contributed by atoms with Crippen molar-refractivity contribution in [3.05, 3.63) is 24.9 Å². The molecule has 0 spiro atoms. The first-order valence-corrected chi connectivity index (χ1v) is 5.78. The third-order valence-electron chi connectivity index (χ3n) is 2.33. The maximum Gasteiger partial charge on any atom is 0.169 e. The third kappa shape index (κ3) is 2.91. The van der Waals surface area contributed by atoms with E-state index in [1.807, 2.05) is 0 Å². The second-order valence-corrected chi connectivity index (χ2v) is 4.39. The molecule has 18 heavy (non-hydrogen) atoms. The second kappa shape index (κ2) is 5.39. The number of rotatable bonds is 4. The molecule has 0 saturated heterocycles. The summed E-state index contributed by atoms with van der Waals surface area (Å²) in [5.74, 6) is 1.51. The highest BCUT2D eigenvalue weighted by Gasteiger charge is 2.07. The van der Waals surface area contributed by atoms with Crippen LogP contribution in [0.1, 0.15) is 13.8 Å². The number of aromatic nitrogens is 4. The lowest BCUT2D eigenvalue weighted by molar-refractivity contribution is 0.687. The van der Waals surface area contributed by atoms with Crippen LogP contribution >= 0.6 is 0 Å². The summed E-state index contributed by atoms with van der Waals surface area (Å²) in [4.78, 5) is 16.5. The Labute approximate surface area is 106 Å². The van der Waals surface area contributed by atoms with Gasteiger partial charge < -0.3 is 11.1 Å². The van der Waals surface area contributed by atoms with Gasteiger partial charge in [0.2, 0.25) is 0 Å². The average molecular weight is 244 g/mol. The van der Waals surface area contributed by atoms with E-state index >= 15 is 0 Å². The minimum atomic E-state index is 0.399. The standard InChI is InChI=1S/C12H16N6/c1-8(2)3-17-12-11(13)16-6-10(18-12)9-4-14-7-15-5-9/h4-8H,3H2,1-2H3,(H2,13,16)(H,17,18). The van der Waals surface area contributed by atoms with E-state index in [-0.39, 0.29) is 0 Å². The maximum absolute atomic E-state index is 5.79. The summed E-state index contributed by atoms with van der Waals surface area (Å²) >= 11 is 0. The van der Waals surface area contributed by atoms with Gasteiger partial charge in [0.05, 0.1) is 11.9 Å². The number of hydrogen-bond donors (Lipinski definition) is 2. The zero-order valence-electron chi connectivity index (χ0n) is 10.5. The second-order valence-electron chi connectivity index (χ2n) is 4.39. The summed E-state index contributed by atoms with van der Waals surface area (Å²) in [5.41, 5.74) is 7.31. The summed E-state index contributed by atoms with van der Waals surface area (Å²) < 4.78 is 0. The number of nitrogen functional groups attached to an aromatic ring is 1. The van der Waals surface area contributed by atoms with Gasteiger partial charge in [0.1, 0.15) is 6.33 Å². The van der Waals surface area contributed by atoms with E-state index in [1.54, 1.807) is 18.6 Å². The molecule has 0 fully saturated rings. The van der Waals surface area contributed by atoms with Crippen molar-refractivity contribution in [1.29, 1.82) is 0 Å². The van der Waals surface area contributed by atoms with Gasteiger partial charge in [0, 0.05) is 24.5 Å². The quantitative estimate of drug-likeness (QED) is 0.848. The van der Waals surface area contributed by atoms with Gasteiger partial charge in [-0.05, 0) is 5.92 Å². The van der Waals surface area contributed by atoms with Crippen molar-refractivity contribution >= 4 is 11.6 Å². The van der Waals surface area contributed by atoms with Gasteiger partial charge in [0.25, 0.3) is 0 Å². The van der Waals surface area contributed by atoms with Crippen LogP contribution in [0.4, 0.5) is 11.6 Å². The van der Waals surface area contributed by atoms with E-state index in [2.05, 4.69) is 39.1 Å². The number of hydrogen-bond acceptors (Lipinski definition) is 6. The fourth-order valence-electron chi connectivity index (χ4n) is 1.40. The summed E-state index contributed by atoms with van der Waals surface area (Å²) in [7, 11) is 0. The molecule has 0 atom stereocenters. The van der Waals surface area contributed by atoms with Crippen LogP contribution in [0.15, 0.2) is 24.9 Å². The number of nitrogens with one attached hydrogen (secondary N) is 1. The van der Waals surface area contributed by atoms with Gasteiger partial charge in [-0.15, -0.1) is 0 Å². The molecule has 2 aromatic rings. The zero-order chi connectivity index (χ0) is 13.0. The summed E-state index contributed by atoms with van der Waals surface area (Å²) in [6, 6.07) is 0. The molecule has 0 aliphatic heterocycles. The highest BCUT2D eigenvalue weighted by Crippen LogP contribution is 2.19. The van der Waals surface area contributed by atoms with Crippen LogP contribution in [0.2, 0.25) is 0 Å². The van der Waals surface area contributed by atoms with Crippen LogP contribution in [-0.4, -0.2) is 26.5 Å². The van der Waals surface area contributed by atoms with Gasteiger partial charge >= 0.3 is 0 Å². The van der Waals surface area contributed by atoms with Crippen molar-refractivity contribution in [2.75, 3.05) is 17.6 Å². The molecule has 0 amide bonds. The third-order valence-corrected chi connectivity index (χ3v) is 2.33. The molecular weight excluding hydrogens is 228 g/mol. The molecule has 0 radical (unpaired) electrons. The van der Waals surface area contributed by atoms with Gasteiger partial charge in [-0.3, -0.25) is 0 Å². The van der Waals surface area contributed by atoms with E-state index in [1.165, 1.54) is 6.33 Å². The molecule has 0 unspecified atom stereocenters. The summed E-state index contributed by atoms with van der Waals surface area (Å²) in [6.07, 6.45) is 6.49. The fourth-order valence-corrected chi connectivity index (χ4v) is 1.40. The van der Waals surface area contributed by atoms with E-state index in [0.29, 0.717) is 23.2 Å². The fraction of sp³-hybridized carbons (Fsp3) is 0.333. The molecule has 0 aromatic carbocycles. The molecule has 94 valence electrons. The maximum atomic E-state index is 5.79. The molecule has 2 heterocycles. The van der Waals surface area contributed by atoms with Crippen molar-refractivity contribution in [1.82, 2.24) is 19.9 Å². The molecule has 3 N–H and O–H groups in total. The van der Waals surface area contributed by atoms with Gasteiger partial charge in [-0.25, -0.2) is 19.9 Å². The predicted octanol–water partition coefficient (Wildman–Crippen LogP) is 1.58. The minimum Gasteiger partial charge on any atom is -0.381 e. The first-order valence-electron chi connectivity index (χ1n) is 5.78. The Balaban J connectivity index is 2.26. The molecule has 0 aliphatic rings. The lowest BCUT2D eigenvalue weighted by atomic mass is 10.2. The lowest BCUT2D eigenvalue weighted by Gasteiger charge is -2.10. The lowest BCUT2D eigenvalue weighted by Crippen LogP contribution is -2.12. The molecule has 6 heteroatoms. The van der Waals surface area contributed by atoms with Crippen molar-refractivity contribution in [3.8, 4) is 11.3 Å². The largest absolute Gasteiger partial charge is 0.381 e. The van der Waals surface area contributed by atoms with Crippen LogP contribution in [0.3, 0.4) is 0 Å². The molecule has 0 saturated carbocycles. The Morgan fingerprint density at radius 1 is 1.22 bits per heavy atom. The van der Waals surface area contributed by atoms with Crippen molar-refractivity contribution in [2.24, 2.45) is 5.92 Å². The SMILES string of the molecule is CC(C)CNc1nc(-c2cncnc2)cnc1N. The first kappa shape index (κ1) is 12.2. The highest BCUT2D eigenvalue weighted by atomic mass is 15.1. The molecule has 6 nitrogen and oxygen atoms in total. The van der Waals surface area contributed by atoms with E-state index in [0.717, 1.165) is 12.1 Å². The predicted molar refractivity (Wildman–Crippen MR) is 70.8 cm³/mol. The van der Waals surface area contributed by atoms with Crippen LogP contribution in [-0.2, 0) is 0 Å². The Kier molecular flexibility index (Phi) is 3.66. The Bertz CT molecular complexity index is 511. The van der Waals surface area contributed by atoms with Gasteiger partial charge in [-0.1, -0.05) is 13.8 Å².